The molecule has 126 valence electrons. The molecule has 0 aliphatic carbocycles. The Hall–Kier alpha value is -0.750. The second-order valence-electron chi connectivity index (χ2n) is 6.54. The molecular weight excluding hydrogens is 298 g/mol. The zero-order valence-corrected chi connectivity index (χ0v) is 14.4. The maximum absolute atomic E-state index is 12.4. The van der Waals surface area contributed by atoms with Crippen molar-refractivity contribution in [1.82, 2.24) is 9.80 Å². The SMILES string of the molecule is CC1CCN(C(=O)CSCC(=O)N2CCCCC2)C(CN)C1. The summed E-state index contributed by atoms with van der Waals surface area (Å²) in [5, 5.41) is 0. The van der Waals surface area contributed by atoms with Crippen LogP contribution in [-0.2, 0) is 9.59 Å². The number of hydrogen-bond acceptors (Lipinski definition) is 4. The molecule has 6 heteroatoms. The van der Waals surface area contributed by atoms with Crippen LogP contribution in [0.1, 0.15) is 39.0 Å². The molecule has 2 saturated heterocycles. The molecule has 2 fully saturated rings. The first-order valence-electron chi connectivity index (χ1n) is 8.47. The fourth-order valence-corrected chi connectivity index (χ4v) is 4.15. The van der Waals surface area contributed by atoms with Crippen LogP contribution in [0.25, 0.3) is 0 Å². The van der Waals surface area contributed by atoms with Crippen molar-refractivity contribution < 1.29 is 9.59 Å². The van der Waals surface area contributed by atoms with E-state index in [0.29, 0.717) is 24.0 Å². The fourth-order valence-electron chi connectivity index (χ4n) is 3.35. The van der Waals surface area contributed by atoms with E-state index in [2.05, 4.69) is 6.92 Å². The lowest BCUT2D eigenvalue weighted by Crippen LogP contribution is -2.50. The Kier molecular flexibility index (Phi) is 7.02. The van der Waals surface area contributed by atoms with E-state index in [4.69, 9.17) is 5.73 Å². The van der Waals surface area contributed by atoms with Gasteiger partial charge in [-0.15, -0.1) is 11.8 Å². The summed E-state index contributed by atoms with van der Waals surface area (Å²) in [6.07, 6.45) is 5.50. The van der Waals surface area contributed by atoms with Crippen LogP contribution >= 0.6 is 11.8 Å². The van der Waals surface area contributed by atoms with Crippen molar-refractivity contribution in [2.45, 2.75) is 45.1 Å². The molecule has 2 aliphatic heterocycles. The molecule has 0 saturated carbocycles. The van der Waals surface area contributed by atoms with Crippen LogP contribution in [0.4, 0.5) is 0 Å². The highest BCUT2D eigenvalue weighted by Gasteiger charge is 2.28. The number of nitrogens with two attached hydrogens (primary N) is 1. The molecule has 2 unspecified atom stereocenters. The molecule has 5 nitrogen and oxygen atoms in total. The van der Waals surface area contributed by atoms with Gasteiger partial charge in [0.1, 0.15) is 0 Å². The molecule has 2 aliphatic rings. The lowest BCUT2D eigenvalue weighted by molar-refractivity contribution is -0.132. The molecular formula is C16H29N3O2S. The molecule has 2 atom stereocenters. The largest absolute Gasteiger partial charge is 0.342 e. The third-order valence-corrected chi connectivity index (χ3v) is 5.63. The molecule has 2 rings (SSSR count). The van der Waals surface area contributed by atoms with Gasteiger partial charge in [0.05, 0.1) is 11.5 Å². The predicted octanol–water partition coefficient (Wildman–Crippen LogP) is 1.32. The number of rotatable bonds is 5. The maximum atomic E-state index is 12.4. The van der Waals surface area contributed by atoms with Crippen molar-refractivity contribution in [1.29, 1.82) is 0 Å². The van der Waals surface area contributed by atoms with E-state index in [9.17, 15) is 9.59 Å². The Labute approximate surface area is 138 Å². The van der Waals surface area contributed by atoms with Gasteiger partial charge in [0.2, 0.25) is 11.8 Å². The lowest BCUT2D eigenvalue weighted by Gasteiger charge is -2.38. The average Bonchev–Trinajstić information content (AvgIpc) is 2.55. The number of amides is 2. The van der Waals surface area contributed by atoms with Crippen LogP contribution in [0.2, 0.25) is 0 Å². The summed E-state index contributed by atoms with van der Waals surface area (Å²) in [5.74, 6) is 1.78. The summed E-state index contributed by atoms with van der Waals surface area (Å²) < 4.78 is 0. The minimum atomic E-state index is 0.138. The minimum Gasteiger partial charge on any atom is -0.342 e. The number of hydrogen-bond donors (Lipinski definition) is 1. The van der Waals surface area contributed by atoms with Crippen LogP contribution in [0.15, 0.2) is 0 Å². The highest BCUT2D eigenvalue weighted by molar-refractivity contribution is 8.00. The summed E-state index contributed by atoms with van der Waals surface area (Å²) in [4.78, 5) is 28.3. The van der Waals surface area contributed by atoms with Gasteiger partial charge in [-0.3, -0.25) is 9.59 Å². The van der Waals surface area contributed by atoms with Crippen molar-refractivity contribution in [2.24, 2.45) is 11.7 Å². The Morgan fingerprint density at radius 2 is 1.77 bits per heavy atom. The Bertz CT molecular complexity index is 386. The summed E-state index contributed by atoms with van der Waals surface area (Å²) in [5.41, 5.74) is 5.81. The molecule has 2 amide bonds. The third kappa shape index (κ3) is 4.88. The summed E-state index contributed by atoms with van der Waals surface area (Å²) in [7, 11) is 0. The first kappa shape index (κ1) is 17.6. The van der Waals surface area contributed by atoms with Gasteiger partial charge >= 0.3 is 0 Å². The standard InChI is InChI=1S/C16H29N3O2S/c1-13-5-8-19(14(9-13)10-17)16(21)12-22-11-15(20)18-6-3-2-4-7-18/h13-14H,2-12,17H2,1H3. The van der Waals surface area contributed by atoms with Crippen LogP contribution < -0.4 is 5.73 Å². The van der Waals surface area contributed by atoms with Gasteiger partial charge in [0, 0.05) is 32.2 Å². The molecule has 0 aromatic rings. The van der Waals surface area contributed by atoms with E-state index < -0.39 is 0 Å². The Morgan fingerprint density at radius 3 is 2.45 bits per heavy atom. The van der Waals surface area contributed by atoms with Crippen LogP contribution in [0.3, 0.4) is 0 Å². The van der Waals surface area contributed by atoms with Crippen LogP contribution in [0, 0.1) is 5.92 Å². The third-order valence-electron chi connectivity index (χ3n) is 4.73. The second kappa shape index (κ2) is 8.77. The summed E-state index contributed by atoms with van der Waals surface area (Å²) in [6.45, 7) is 5.33. The van der Waals surface area contributed by atoms with Gasteiger partial charge in [0.25, 0.3) is 0 Å². The van der Waals surface area contributed by atoms with E-state index in [1.165, 1.54) is 18.2 Å². The average molecular weight is 327 g/mol. The van der Waals surface area contributed by atoms with E-state index in [0.717, 1.165) is 45.3 Å². The quantitative estimate of drug-likeness (QED) is 0.827. The van der Waals surface area contributed by atoms with E-state index in [1.54, 1.807) is 0 Å². The van der Waals surface area contributed by atoms with E-state index >= 15 is 0 Å². The fraction of sp³-hybridized carbons (Fsp3) is 0.875. The maximum Gasteiger partial charge on any atom is 0.232 e. The molecule has 0 spiro atoms. The van der Waals surface area contributed by atoms with Gasteiger partial charge in [-0.05, 0) is 38.0 Å². The Morgan fingerprint density at radius 1 is 1.09 bits per heavy atom. The van der Waals surface area contributed by atoms with Crippen molar-refractivity contribution in [3.05, 3.63) is 0 Å². The number of thioether (sulfide) groups is 1. The van der Waals surface area contributed by atoms with Crippen LogP contribution in [-0.4, -0.2) is 65.3 Å². The molecule has 2 heterocycles. The van der Waals surface area contributed by atoms with Gasteiger partial charge < -0.3 is 15.5 Å². The predicted molar refractivity (Wildman–Crippen MR) is 90.7 cm³/mol. The first-order valence-corrected chi connectivity index (χ1v) is 9.62. The summed E-state index contributed by atoms with van der Waals surface area (Å²) >= 11 is 1.45. The Balaban J connectivity index is 1.71. The number of piperidine rings is 2. The highest BCUT2D eigenvalue weighted by atomic mass is 32.2. The molecule has 0 aromatic heterocycles. The molecule has 0 aromatic carbocycles. The number of carbonyl (C=O) groups excluding carboxylic acids is 2. The topological polar surface area (TPSA) is 66.6 Å². The normalized spacial score (nSPS) is 26.1. The van der Waals surface area contributed by atoms with Gasteiger partial charge in [0.15, 0.2) is 0 Å². The smallest absolute Gasteiger partial charge is 0.232 e. The first-order chi connectivity index (χ1) is 10.6. The minimum absolute atomic E-state index is 0.138. The molecule has 0 bridgehead atoms. The zero-order chi connectivity index (χ0) is 15.9. The number of likely N-dealkylation sites (tertiary alicyclic amines) is 2. The van der Waals surface area contributed by atoms with Crippen molar-refractivity contribution in [3.63, 3.8) is 0 Å². The second-order valence-corrected chi connectivity index (χ2v) is 7.53. The van der Waals surface area contributed by atoms with Crippen molar-refractivity contribution in [3.8, 4) is 0 Å². The molecule has 22 heavy (non-hydrogen) atoms. The molecule has 0 radical (unpaired) electrons. The van der Waals surface area contributed by atoms with E-state index in [1.807, 2.05) is 9.80 Å². The van der Waals surface area contributed by atoms with Gasteiger partial charge in [-0.25, -0.2) is 0 Å². The highest BCUT2D eigenvalue weighted by Crippen LogP contribution is 2.22. The zero-order valence-electron chi connectivity index (χ0n) is 13.6. The van der Waals surface area contributed by atoms with Crippen molar-refractivity contribution in [2.75, 3.05) is 37.7 Å². The monoisotopic (exact) mass is 327 g/mol. The van der Waals surface area contributed by atoms with E-state index in [-0.39, 0.29) is 17.9 Å². The number of carbonyl (C=O) groups is 2. The molecule has 2 N–H and O–H groups in total. The number of nitrogens with zero attached hydrogens (tertiary/aromatic N) is 2. The van der Waals surface area contributed by atoms with Gasteiger partial charge in [-0.2, -0.15) is 0 Å². The van der Waals surface area contributed by atoms with Crippen molar-refractivity contribution >= 4 is 23.6 Å². The summed E-state index contributed by atoms with van der Waals surface area (Å²) in [6, 6.07) is 0.176. The van der Waals surface area contributed by atoms with Crippen LogP contribution in [0.5, 0.6) is 0 Å². The lowest BCUT2D eigenvalue weighted by atomic mass is 9.92. The van der Waals surface area contributed by atoms with Gasteiger partial charge in [-0.1, -0.05) is 6.92 Å².